The number of carbonyl (C=O) groups is 3. The molecule has 2 unspecified atom stereocenters. The highest BCUT2D eigenvalue weighted by Crippen LogP contribution is 2.67. The summed E-state index contributed by atoms with van der Waals surface area (Å²) < 4.78 is 20.4. The van der Waals surface area contributed by atoms with Gasteiger partial charge in [-0.3, -0.25) is 19.7 Å². The largest absolute Gasteiger partial charge is 0.509 e. The molecule has 3 fully saturated rings. The van der Waals surface area contributed by atoms with Crippen LogP contribution < -0.4 is 9.47 Å². The molecule has 0 aliphatic heterocycles. The minimum atomic E-state index is -1.84. The molecule has 1 aromatic rings. The van der Waals surface area contributed by atoms with Gasteiger partial charge < -0.3 is 29.2 Å². The Morgan fingerprint density at radius 3 is 2.48 bits per heavy atom. The maximum atomic E-state index is 13.5. The highest BCUT2D eigenvalue weighted by Gasteiger charge is 2.68. The molecule has 0 spiro atoms. The molecule has 238 valence electrons. The first kappa shape index (κ1) is 31.6. The molecule has 12 nitrogen and oxygen atoms in total. The Morgan fingerprint density at radius 1 is 1.14 bits per heavy atom. The van der Waals surface area contributed by atoms with Crippen molar-refractivity contribution in [1.29, 1.82) is 0 Å². The van der Waals surface area contributed by atoms with E-state index in [-0.39, 0.29) is 65.0 Å². The Labute approximate surface area is 255 Å². The quantitative estimate of drug-likeness (QED) is 0.246. The Bertz CT molecular complexity index is 1450. The number of ether oxygens (including phenoxy) is 4. The highest BCUT2D eigenvalue weighted by molar-refractivity contribution is 6.01. The van der Waals surface area contributed by atoms with Crippen LogP contribution in [-0.4, -0.2) is 65.4 Å². The van der Waals surface area contributed by atoms with Gasteiger partial charge in [-0.05, 0) is 61.7 Å². The molecule has 0 aromatic heterocycles. The summed E-state index contributed by atoms with van der Waals surface area (Å²) in [5, 5.41) is 35.0. The lowest BCUT2D eigenvalue weighted by Crippen LogP contribution is -2.62. The summed E-state index contributed by atoms with van der Waals surface area (Å²) in [7, 11) is 2.69. The molecule has 44 heavy (non-hydrogen) atoms. The van der Waals surface area contributed by atoms with Crippen LogP contribution in [0.3, 0.4) is 0 Å². The van der Waals surface area contributed by atoms with Crippen LogP contribution in [0, 0.1) is 44.6 Å². The average molecular weight is 614 g/mol. The van der Waals surface area contributed by atoms with Crippen LogP contribution in [0.4, 0.5) is 10.5 Å². The van der Waals surface area contributed by atoms with E-state index in [1.807, 2.05) is 13.0 Å². The number of carbonyl (C=O) groups excluding carboxylic acids is 3. The molecule has 8 atom stereocenters. The summed E-state index contributed by atoms with van der Waals surface area (Å²) in [5.41, 5.74) is -2.63. The number of nitro groups is 1. The molecular formula is C32H39NO11. The fourth-order valence-corrected chi connectivity index (χ4v) is 8.83. The number of rotatable bonds is 8. The van der Waals surface area contributed by atoms with Crippen LogP contribution in [0.2, 0.25) is 0 Å². The standard InChI is InChI=1S/C32H39NO11/c1-17-10-20-21-7-9-32(38,31(21,3)14-24(35)28(20)30(2)8-6-19(34)12-22(17)30)27(36)16-44-29(37)43-15-18-11-25(41-4)26(42-5)13-23(18)33(39)40/h6,8,11-13,17,20-21,24,28,35,38H,7,9-10,14-16H2,1-5H3/t17?,20-,21-,24?,28+,30-,31-,32-/m0/s1. The Balaban J connectivity index is 1.27. The third kappa shape index (κ3) is 4.88. The maximum absolute atomic E-state index is 13.5. The first-order valence-corrected chi connectivity index (χ1v) is 14.8. The molecule has 0 radical (unpaired) electrons. The van der Waals surface area contributed by atoms with Crippen LogP contribution in [-0.2, 0) is 25.7 Å². The van der Waals surface area contributed by atoms with Gasteiger partial charge in [0.05, 0.1) is 36.9 Å². The van der Waals surface area contributed by atoms with E-state index in [2.05, 4.69) is 13.8 Å². The van der Waals surface area contributed by atoms with Crippen molar-refractivity contribution in [2.75, 3.05) is 20.8 Å². The van der Waals surface area contributed by atoms with Gasteiger partial charge in [0.2, 0.25) is 5.78 Å². The van der Waals surface area contributed by atoms with E-state index in [1.165, 1.54) is 20.3 Å². The van der Waals surface area contributed by atoms with Crippen molar-refractivity contribution < 1.29 is 48.5 Å². The fraction of sp³-hybridized carbons (Fsp3) is 0.594. The molecular weight excluding hydrogens is 574 g/mol. The molecule has 0 bridgehead atoms. The van der Waals surface area contributed by atoms with E-state index in [1.54, 1.807) is 12.2 Å². The lowest BCUT2D eigenvalue weighted by molar-refractivity contribution is -0.385. The number of fused-ring (bicyclic) bond motifs is 5. The number of nitro benzene ring substituents is 1. The number of hydrogen-bond acceptors (Lipinski definition) is 11. The lowest BCUT2D eigenvalue weighted by atomic mass is 9.45. The maximum Gasteiger partial charge on any atom is 0.509 e. The highest BCUT2D eigenvalue weighted by atomic mass is 16.7. The second-order valence-corrected chi connectivity index (χ2v) is 13.0. The monoisotopic (exact) mass is 613 g/mol. The topological polar surface area (TPSA) is 172 Å². The number of benzene rings is 1. The first-order chi connectivity index (χ1) is 20.7. The first-order valence-electron chi connectivity index (χ1n) is 14.8. The van der Waals surface area contributed by atoms with Gasteiger partial charge >= 0.3 is 6.16 Å². The van der Waals surface area contributed by atoms with Crippen LogP contribution >= 0.6 is 0 Å². The van der Waals surface area contributed by atoms with Gasteiger partial charge in [0.25, 0.3) is 5.69 Å². The third-order valence-corrected chi connectivity index (χ3v) is 10.9. The zero-order valence-electron chi connectivity index (χ0n) is 25.5. The number of nitrogens with zero attached hydrogens (tertiary/aromatic N) is 1. The summed E-state index contributed by atoms with van der Waals surface area (Å²) >= 11 is 0. The van der Waals surface area contributed by atoms with Gasteiger partial charge in [0, 0.05) is 16.7 Å². The van der Waals surface area contributed by atoms with Gasteiger partial charge in [-0.15, -0.1) is 0 Å². The van der Waals surface area contributed by atoms with Crippen molar-refractivity contribution in [3.63, 3.8) is 0 Å². The zero-order chi connectivity index (χ0) is 32.2. The van der Waals surface area contributed by atoms with Crippen molar-refractivity contribution in [2.24, 2.45) is 34.5 Å². The van der Waals surface area contributed by atoms with Crippen LogP contribution in [0.15, 0.2) is 35.9 Å². The summed E-state index contributed by atoms with van der Waals surface area (Å²) in [4.78, 5) is 49.0. The predicted molar refractivity (Wildman–Crippen MR) is 155 cm³/mol. The Kier molecular flexibility index (Phi) is 8.13. The number of Topliss-reactive ketones (excluding diaryl/α,β-unsaturated/α-hetero) is 1. The number of aliphatic hydroxyl groups excluding tert-OH is 1. The molecule has 4 aliphatic carbocycles. The van der Waals surface area contributed by atoms with Crippen LogP contribution in [0.25, 0.3) is 0 Å². The van der Waals surface area contributed by atoms with Crippen LogP contribution in [0.1, 0.15) is 52.0 Å². The van der Waals surface area contributed by atoms with E-state index in [4.69, 9.17) is 18.9 Å². The molecule has 0 heterocycles. The minimum absolute atomic E-state index is 0.00346. The van der Waals surface area contributed by atoms with Crippen molar-refractivity contribution in [3.8, 4) is 11.5 Å². The summed E-state index contributed by atoms with van der Waals surface area (Å²) in [6.45, 7) is 4.67. The molecule has 12 heteroatoms. The van der Waals surface area contributed by atoms with Gasteiger partial charge in [-0.25, -0.2) is 4.79 Å². The van der Waals surface area contributed by atoms with E-state index in [0.29, 0.717) is 6.42 Å². The lowest BCUT2D eigenvalue weighted by Gasteiger charge is -2.60. The average Bonchev–Trinajstić information content (AvgIpc) is 3.25. The summed E-state index contributed by atoms with van der Waals surface area (Å²) in [5.74, 6) is -0.570. The Hall–Kier alpha value is -3.77. The van der Waals surface area contributed by atoms with Crippen molar-refractivity contribution in [1.82, 2.24) is 0 Å². The minimum Gasteiger partial charge on any atom is -0.493 e. The smallest absolute Gasteiger partial charge is 0.493 e. The third-order valence-electron chi connectivity index (χ3n) is 10.9. The number of aliphatic hydroxyl groups is 2. The van der Waals surface area contributed by atoms with Gasteiger partial charge in [-0.2, -0.15) is 0 Å². The fourth-order valence-electron chi connectivity index (χ4n) is 8.83. The van der Waals surface area contributed by atoms with E-state index < -0.39 is 52.6 Å². The van der Waals surface area contributed by atoms with Gasteiger partial charge in [-0.1, -0.05) is 32.4 Å². The number of allylic oxidation sites excluding steroid dienone is 4. The van der Waals surface area contributed by atoms with Crippen molar-refractivity contribution >= 4 is 23.4 Å². The second-order valence-electron chi connectivity index (χ2n) is 13.0. The molecule has 2 N–H and O–H groups in total. The van der Waals surface area contributed by atoms with Gasteiger partial charge in [0.1, 0.15) is 12.2 Å². The van der Waals surface area contributed by atoms with E-state index in [0.717, 1.165) is 18.1 Å². The second kappa shape index (κ2) is 11.3. The number of hydrogen-bond donors (Lipinski definition) is 2. The molecule has 1 aromatic carbocycles. The van der Waals surface area contributed by atoms with E-state index >= 15 is 0 Å². The summed E-state index contributed by atoms with van der Waals surface area (Å²) in [6.07, 6.45) is 4.70. The molecule has 5 rings (SSSR count). The molecule has 4 aliphatic rings. The molecule has 0 saturated heterocycles. The Morgan fingerprint density at radius 2 is 1.82 bits per heavy atom. The normalized spacial score (nSPS) is 35.5. The van der Waals surface area contributed by atoms with Crippen molar-refractivity contribution in [3.05, 3.63) is 51.6 Å². The molecule has 3 saturated carbocycles. The van der Waals surface area contributed by atoms with E-state index in [9.17, 15) is 34.7 Å². The number of methoxy groups -OCH3 is 2. The molecule has 0 amide bonds. The van der Waals surface area contributed by atoms with Gasteiger partial charge in [0.15, 0.2) is 23.9 Å². The van der Waals surface area contributed by atoms with Crippen LogP contribution in [0.5, 0.6) is 11.5 Å². The zero-order valence-corrected chi connectivity index (χ0v) is 25.5. The predicted octanol–water partition coefficient (Wildman–Crippen LogP) is 4.09. The SMILES string of the molecule is COc1cc(COC(=O)OCC(=O)[C@@]2(O)CC[C@H]3[C@@H]4CC(C)C5=CC(=O)C=C[C@]5(C)[C@H]4C(O)C[C@@]32C)c([N+](=O)[O-])cc1OC. The number of ketones is 2. The van der Waals surface area contributed by atoms with Crippen molar-refractivity contribution in [2.45, 2.75) is 64.8 Å². The summed E-state index contributed by atoms with van der Waals surface area (Å²) in [6, 6.07) is 2.46.